The highest BCUT2D eigenvalue weighted by Gasteiger charge is 2.33. The number of carbonyl (C=O) groups excluding carboxylic acids is 2. The number of hydrogen-bond acceptors (Lipinski definition) is 5. The second-order valence-corrected chi connectivity index (χ2v) is 9.41. The van der Waals surface area contributed by atoms with Crippen molar-refractivity contribution < 1.29 is 14.7 Å². The van der Waals surface area contributed by atoms with Crippen LogP contribution in [0.4, 0.5) is 5.69 Å². The number of aliphatic hydroxyl groups is 1. The number of amides is 2. The number of aryl methyl sites for hydroxylation is 1. The molecule has 2 amide bonds. The van der Waals surface area contributed by atoms with Crippen molar-refractivity contribution in [3.05, 3.63) is 72.1 Å². The molecule has 5 rings (SSSR count). The number of likely N-dealkylation sites (tertiary alicyclic amines) is 1. The Morgan fingerprint density at radius 2 is 1.60 bits per heavy atom. The zero-order chi connectivity index (χ0) is 24.2. The highest BCUT2D eigenvalue weighted by atomic mass is 16.3. The monoisotopic (exact) mass is 472 g/mol. The molecule has 1 saturated heterocycles. The molecule has 0 radical (unpaired) electrons. The summed E-state index contributed by atoms with van der Waals surface area (Å²) in [5, 5.41) is 16.2. The number of imide groups is 1. The van der Waals surface area contributed by atoms with Crippen molar-refractivity contribution >= 4 is 34.0 Å². The number of nitrogens with one attached hydrogen (secondary N) is 2. The molecule has 2 aliphatic rings. The third-order valence-electron chi connectivity index (χ3n) is 6.96. The van der Waals surface area contributed by atoms with Gasteiger partial charge in [0.2, 0.25) is 0 Å². The van der Waals surface area contributed by atoms with Crippen molar-refractivity contribution in [3.8, 4) is 0 Å². The SMILES string of the molecule is O=C1NC(=O)C(c2cn(CCCCCN3CCC(O)CC3)c3ccccc23)=C1Nc1ccccc1. The van der Waals surface area contributed by atoms with Crippen molar-refractivity contribution in [1.82, 2.24) is 14.8 Å². The van der Waals surface area contributed by atoms with Gasteiger partial charge in [-0.15, -0.1) is 0 Å². The first kappa shape index (κ1) is 23.3. The molecule has 0 bridgehead atoms. The molecule has 1 fully saturated rings. The lowest BCUT2D eigenvalue weighted by molar-refractivity contribution is -0.123. The standard InChI is InChI=1S/C28H32N4O3/c33-21-13-17-31(18-14-21)15-7-2-8-16-32-19-23(22-11-5-6-12-24(22)32)25-26(28(35)30-27(25)34)29-20-9-3-1-4-10-20/h1,3-6,9-12,19,21,33H,2,7-8,13-18H2,(H2,29,30,34,35). The Labute approximate surface area is 205 Å². The molecule has 2 aliphatic heterocycles. The van der Waals surface area contributed by atoms with Crippen LogP contribution < -0.4 is 10.6 Å². The van der Waals surface area contributed by atoms with Crippen LogP contribution in [0.1, 0.15) is 37.7 Å². The summed E-state index contributed by atoms with van der Waals surface area (Å²) in [6, 6.07) is 17.5. The molecule has 1 aromatic heterocycles. The molecule has 0 unspecified atom stereocenters. The van der Waals surface area contributed by atoms with E-state index in [9.17, 15) is 14.7 Å². The minimum Gasteiger partial charge on any atom is -0.393 e. The highest BCUT2D eigenvalue weighted by Crippen LogP contribution is 2.32. The topological polar surface area (TPSA) is 86.6 Å². The fraction of sp³-hybridized carbons (Fsp3) is 0.357. The lowest BCUT2D eigenvalue weighted by Crippen LogP contribution is -2.36. The molecule has 3 heterocycles. The summed E-state index contributed by atoms with van der Waals surface area (Å²) in [6.07, 6.45) is 6.93. The molecule has 182 valence electrons. The van der Waals surface area contributed by atoms with E-state index < -0.39 is 5.91 Å². The van der Waals surface area contributed by atoms with Gasteiger partial charge in [0.05, 0.1) is 11.7 Å². The maximum Gasteiger partial charge on any atom is 0.275 e. The third-order valence-corrected chi connectivity index (χ3v) is 6.96. The summed E-state index contributed by atoms with van der Waals surface area (Å²) in [6.45, 7) is 3.90. The van der Waals surface area contributed by atoms with Crippen molar-refractivity contribution in [2.45, 2.75) is 44.8 Å². The number of carbonyl (C=O) groups is 2. The van der Waals surface area contributed by atoms with Gasteiger partial charge < -0.3 is 19.9 Å². The van der Waals surface area contributed by atoms with E-state index in [1.54, 1.807) is 0 Å². The fourth-order valence-electron chi connectivity index (χ4n) is 5.07. The molecule has 7 heteroatoms. The van der Waals surface area contributed by atoms with Crippen molar-refractivity contribution in [2.75, 3.05) is 25.0 Å². The molecule has 35 heavy (non-hydrogen) atoms. The summed E-state index contributed by atoms with van der Waals surface area (Å²) >= 11 is 0. The van der Waals surface area contributed by atoms with Crippen molar-refractivity contribution in [1.29, 1.82) is 0 Å². The molecule has 3 aromatic rings. The number of nitrogens with zero attached hydrogens (tertiary/aromatic N) is 2. The van der Waals surface area contributed by atoms with Gasteiger partial charge in [0, 0.05) is 48.0 Å². The first-order valence-corrected chi connectivity index (χ1v) is 12.5. The predicted molar refractivity (Wildman–Crippen MR) is 138 cm³/mol. The number of hydrogen-bond donors (Lipinski definition) is 3. The van der Waals surface area contributed by atoms with Gasteiger partial charge in [-0.05, 0) is 50.4 Å². The Bertz CT molecular complexity index is 1240. The molecule has 3 N–H and O–H groups in total. The van der Waals surface area contributed by atoms with Crippen molar-refractivity contribution in [2.24, 2.45) is 0 Å². The Balaban J connectivity index is 1.32. The van der Waals surface area contributed by atoms with Gasteiger partial charge in [0.25, 0.3) is 11.8 Å². The van der Waals surface area contributed by atoms with Crippen LogP contribution in [0, 0.1) is 0 Å². The van der Waals surface area contributed by atoms with E-state index in [1.807, 2.05) is 54.7 Å². The van der Waals surface area contributed by atoms with E-state index >= 15 is 0 Å². The molecule has 2 aromatic carbocycles. The molecular weight excluding hydrogens is 440 g/mol. The zero-order valence-electron chi connectivity index (χ0n) is 19.9. The number of piperidine rings is 1. The van der Waals surface area contributed by atoms with E-state index in [0.29, 0.717) is 5.57 Å². The Hall–Kier alpha value is -3.42. The largest absolute Gasteiger partial charge is 0.393 e. The minimum absolute atomic E-state index is 0.127. The fourth-order valence-corrected chi connectivity index (χ4v) is 5.07. The van der Waals surface area contributed by atoms with E-state index in [-0.39, 0.29) is 17.7 Å². The Morgan fingerprint density at radius 3 is 2.40 bits per heavy atom. The van der Waals surface area contributed by atoms with Crippen molar-refractivity contribution in [3.63, 3.8) is 0 Å². The van der Waals surface area contributed by atoms with Gasteiger partial charge in [-0.1, -0.05) is 42.8 Å². The van der Waals surface area contributed by atoms with Crippen LogP contribution in [-0.2, 0) is 16.1 Å². The van der Waals surface area contributed by atoms with Crippen LogP contribution in [0.3, 0.4) is 0 Å². The highest BCUT2D eigenvalue weighted by molar-refractivity contribution is 6.38. The summed E-state index contributed by atoms with van der Waals surface area (Å²) in [5.41, 5.74) is 3.27. The van der Waals surface area contributed by atoms with Gasteiger partial charge in [0.15, 0.2) is 0 Å². The molecule has 7 nitrogen and oxygen atoms in total. The van der Waals surface area contributed by atoms with Gasteiger partial charge in [-0.25, -0.2) is 0 Å². The lowest BCUT2D eigenvalue weighted by atomic mass is 10.0. The number of aliphatic hydroxyl groups excluding tert-OH is 1. The quantitative estimate of drug-likeness (QED) is 0.326. The molecule has 0 aliphatic carbocycles. The number of unbranched alkanes of at least 4 members (excludes halogenated alkanes) is 2. The number of anilines is 1. The van der Waals surface area contributed by atoms with Crippen LogP contribution in [0.25, 0.3) is 16.5 Å². The first-order valence-electron chi connectivity index (χ1n) is 12.5. The van der Waals surface area contributed by atoms with Crippen LogP contribution in [0.5, 0.6) is 0 Å². The smallest absolute Gasteiger partial charge is 0.275 e. The van der Waals surface area contributed by atoms with E-state index in [2.05, 4.69) is 26.2 Å². The van der Waals surface area contributed by atoms with Crippen LogP contribution in [0.15, 0.2) is 66.5 Å². The second-order valence-electron chi connectivity index (χ2n) is 9.41. The van der Waals surface area contributed by atoms with Gasteiger partial charge in [-0.3, -0.25) is 14.9 Å². The average molecular weight is 473 g/mol. The summed E-state index contributed by atoms with van der Waals surface area (Å²) in [5.74, 6) is -0.779. The van der Waals surface area contributed by atoms with E-state index in [4.69, 9.17) is 0 Å². The van der Waals surface area contributed by atoms with E-state index in [0.717, 1.165) is 80.4 Å². The number of benzene rings is 2. The molecular formula is C28H32N4O3. The lowest BCUT2D eigenvalue weighted by Gasteiger charge is -2.29. The van der Waals surface area contributed by atoms with Gasteiger partial charge in [0.1, 0.15) is 5.70 Å². The van der Waals surface area contributed by atoms with Gasteiger partial charge in [-0.2, -0.15) is 0 Å². The summed E-state index contributed by atoms with van der Waals surface area (Å²) < 4.78 is 2.20. The average Bonchev–Trinajstić information content (AvgIpc) is 3.36. The van der Waals surface area contributed by atoms with E-state index in [1.165, 1.54) is 0 Å². The molecule has 0 atom stereocenters. The predicted octanol–water partition coefficient (Wildman–Crippen LogP) is 3.75. The van der Waals surface area contributed by atoms with Gasteiger partial charge >= 0.3 is 0 Å². The summed E-state index contributed by atoms with van der Waals surface area (Å²) in [4.78, 5) is 27.9. The minimum atomic E-state index is -0.407. The molecule has 0 spiro atoms. The zero-order valence-corrected chi connectivity index (χ0v) is 19.9. The maximum absolute atomic E-state index is 12.8. The van der Waals surface area contributed by atoms with Crippen LogP contribution in [0.2, 0.25) is 0 Å². The third kappa shape index (κ3) is 5.16. The van der Waals surface area contributed by atoms with Crippen LogP contribution in [-0.4, -0.2) is 52.1 Å². The number of aromatic nitrogens is 1. The molecule has 0 saturated carbocycles. The first-order chi connectivity index (χ1) is 17.1. The Morgan fingerprint density at radius 1 is 0.886 bits per heavy atom. The normalized spacial score (nSPS) is 17.4. The van der Waals surface area contributed by atoms with Crippen LogP contribution >= 0.6 is 0 Å². The number of fused-ring (bicyclic) bond motifs is 1. The second kappa shape index (κ2) is 10.5. The Kier molecular flexibility index (Phi) is 6.97. The summed E-state index contributed by atoms with van der Waals surface area (Å²) in [7, 11) is 0. The number of para-hydroxylation sites is 2. The maximum atomic E-state index is 12.8. The number of rotatable bonds is 9.